The molecule has 0 aliphatic rings. The highest BCUT2D eigenvalue weighted by molar-refractivity contribution is 7.89. The van der Waals surface area contributed by atoms with Crippen LogP contribution < -0.4 is 16.0 Å². The van der Waals surface area contributed by atoms with Crippen molar-refractivity contribution in [3.63, 3.8) is 0 Å². The van der Waals surface area contributed by atoms with Crippen molar-refractivity contribution in [3.8, 4) is 0 Å². The van der Waals surface area contributed by atoms with E-state index in [1.807, 2.05) is 19.9 Å². The fraction of sp³-hybridized carbons (Fsp3) is 0.286. The summed E-state index contributed by atoms with van der Waals surface area (Å²) in [6.07, 6.45) is 0.0220. The molecule has 0 radical (unpaired) electrons. The van der Waals surface area contributed by atoms with Gasteiger partial charge >= 0.3 is 0 Å². The lowest BCUT2D eigenvalue weighted by Crippen LogP contribution is -2.29. The minimum atomic E-state index is -3.75. The molecule has 8 nitrogen and oxygen atoms in total. The molecule has 3 N–H and O–H groups in total. The highest BCUT2D eigenvalue weighted by atomic mass is 32.2. The van der Waals surface area contributed by atoms with E-state index < -0.39 is 10.0 Å². The Morgan fingerprint density at radius 1 is 1.10 bits per heavy atom. The predicted octanol–water partition coefficient (Wildman–Crippen LogP) is 1.56. The molecule has 1 aromatic heterocycles. The van der Waals surface area contributed by atoms with Crippen molar-refractivity contribution in [2.24, 2.45) is 11.1 Å². The van der Waals surface area contributed by atoms with Crippen molar-refractivity contribution >= 4 is 26.7 Å². The van der Waals surface area contributed by atoms with Gasteiger partial charge in [0.15, 0.2) is 0 Å². The van der Waals surface area contributed by atoms with Crippen molar-refractivity contribution in [3.05, 3.63) is 70.1 Å². The molecule has 1 heterocycles. The summed E-state index contributed by atoms with van der Waals surface area (Å²) in [4.78, 5) is 25.2. The molecule has 0 aliphatic carbocycles. The van der Waals surface area contributed by atoms with E-state index in [9.17, 15) is 18.0 Å². The van der Waals surface area contributed by atoms with Crippen LogP contribution in [0.15, 0.2) is 58.2 Å². The highest BCUT2D eigenvalue weighted by Crippen LogP contribution is 2.15. The lowest BCUT2D eigenvalue weighted by atomic mass is 10.1. The first-order valence-corrected chi connectivity index (χ1v) is 11.1. The summed E-state index contributed by atoms with van der Waals surface area (Å²) in [6.45, 7) is 4.69. The van der Waals surface area contributed by atoms with Crippen LogP contribution in [0.3, 0.4) is 0 Å². The zero-order chi connectivity index (χ0) is 21.9. The van der Waals surface area contributed by atoms with Crippen molar-refractivity contribution in [1.29, 1.82) is 0 Å². The molecule has 0 saturated carbocycles. The molecular weight excluding hydrogens is 404 g/mol. The molecule has 0 atom stereocenters. The topological polar surface area (TPSA) is 124 Å². The average molecular weight is 429 g/mol. The average Bonchev–Trinajstić information content (AvgIpc) is 2.69. The molecule has 3 rings (SSSR count). The number of fused-ring (bicyclic) bond motifs is 1. The molecule has 0 spiro atoms. The summed E-state index contributed by atoms with van der Waals surface area (Å²) < 4.78 is 24.0. The van der Waals surface area contributed by atoms with E-state index in [1.54, 1.807) is 30.3 Å². The van der Waals surface area contributed by atoms with Crippen LogP contribution in [-0.2, 0) is 34.3 Å². The first-order chi connectivity index (χ1) is 14.1. The molecule has 0 aliphatic heterocycles. The zero-order valence-electron chi connectivity index (χ0n) is 16.8. The Bertz CT molecular complexity index is 1230. The molecule has 3 aromatic rings. The summed E-state index contributed by atoms with van der Waals surface area (Å²) in [5, 5.41) is 13.5. The van der Waals surface area contributed by atoms with Gasteiger partial charge in [0, 0.05) is 18.5 Å². The van der Waals surface area contributed by atoms with Crippen molar-refractivity contribution in [2.45, 2.75) is 38.3 Å². The number of hydrogen-bond acceptors (Lipinski definition) is 5. The van der Waals surface area contributed by atoms with Crippen LogP contribution >= 0.6 is 0 Å². The third-order valence-electron chi connectivity index (χ3n) is 4.55. The van der Waals surface area contributed by atoms with Crippen molar-refractivity contribution < 1.29 is 13.2 Å². The minimum Gasteiger partial charge on any atom is -0.352 e. The quantitative estimate of drug-likeness (QED) is 0.591. The maximum absolute atomic E-state index is 12.7. The molecule has 1 amide bonds. The van der Waals surface area contributed by atoms with E-state index in [-0.39, 0.29) is 35.2 Å². The number of sulfonamides is 1. The van der Waals surface area contributed by atoms with E-state index in [4.69, 9.17) is 5.14 Å². The van der Waals surface area contributed by atoms with Gasteiger partial charge in [-0.2, -0.15) is 5.10 Å². The number of carbonyl (C=O) groups is 1. The number of rotatable bonds is 7. The number of nitrogens with two attached hydrogens (primary N) is 1. The molecule has 0 saturated heterocycles. The zero-order valence-corrected chi connectivity index (χ0v) is 17.6. The molecule has 158 valence electrons. The van der Waals surface area contributed by atoms with Crippen LogP contribution in [0.1, 0.15) is 25.1 Å². The largest absolute Gasteiger partial charge is 0.352 e. The summed E-state index contributed by atoms with van der Waals surface area (Å²) in [7, 11) is -3.75. The Labute approximate surface area is 174 Å². The Hall–Kier alpha value is -3.04. The van der Waals surface area contributed by atoms with Gasteiger partial charge in [0.1, 0.15) is 0 Å². The summed E-state index contributed by atoms with van der Waals surface area (Å²) in [5.41, 5.74) is 1.10. The van der Waals surface area contributed by atoms with Crippen LogP contribution in [0.5, 0.6) is 0 Å². The van der Waals surface area contributed by atoms with Gasteiger partial charge in [-0.05, 0) is 29.7 Å². The number of carbonyl (C=O) groups excluding carboxylic acids is 1. The first kappa shape index (κ1) is 21.7. The van der Waals surface area contributed by atoms with Gasteiger partial charge in [-0.1, -0.05) is 44.2 Å². The van der Waals surface area contributed by atoms with Gasteiger partial charge < -0.3 is 5.32 Å². The van der Waals surface area contributed by atoms with E-state index in [0.29, 0.717) is 23.0 Å². The Kier molecular flexibility index (Phi) is 6.33. The molecule has 30 heavy (non-hydrogen) atoms. The smallest absolute Gasteiger partial charge is 0.274 e. The molecular formula is C21H24N4O4S. The summed E-state index contributed by atoms with van der Waals surface area (Å²) >= 11 is 0. The third kappa shape index (κ3) is 5.11. The first-order valence-electron chi connectivity index (χ1n) is 9.52. The molecule has 0 bridgehead atoms. The van der Waals surface area contributed by atoms with Gasteiger partial charge in [-0.3, -0.25) is 9.59 Å². The second kappa shape index (κ2) is 8.76. The Balaban J connectivity index is 1.78. The second-order valence-electron chi connectivity index (χ2n) is 7.52. The van der Waals surface area contributed by atoms with Gasteiger partial charge in [-0.15, -0.1) is 0 Å². The maximum Gasteiger partial charge on any atom is 0.274 e. The van der Waals surface area contributed by atoms with Gasteiger partial charge in [0.25, 0.3) is 5.56 Å². The summed E-state index contributed by atoms with van der Waals surface area (Å²) in [5.74, 6) is -0.0173. The fourth-order valence-corrected chi connectivity index (χ4v) is 3.63. The van der Waals surface area contributed by atoms with Crippen LogP contribution in [0, 0.1) is 5.92 Å². The highest BCUT2D eigenvalue weighted by Gasteiger charge is 2.14. The van der Waals surface area contributed by atoms with E-state index >= 15 is 0 Å². The number of aromatic nitrogens is 2. The lowest BCUT2D eigenvalue weighted by molar-refractivity contribution is -0.120. The monoisotopic (exact) mass is 428 g/mol. The predicted molar refractivity (Wildman–Crippen MR) is 114 cm³/mol. The van der Waals surface area contributed by atoms with Crippen molar-refractivity contribution in [1.82, 2.24) is 15.1 Å². The Morgan fingerprint density at radius 2 is 1.73 bits per heavy atom. The van der Waals surface area contributed by atoms with E-state index in [2.05, 4.69) is 10.4 Å². The number of nitrogens with zero attached hydrogens (tertiary/aromatic N) is 2. The second-order valence-corrected chi connectivity index (χ2v) is 9.08. The molecule has 9 heteroatoms. The van der Waals surface area contributed by atoms with E-state index in [1.165, 1.54) is 16.8 Å². The van der Waals surface area contributed by atoms with E-state index in [0.717, 1.165) is 5.56 Å². The van der Waals surface area contributed by atoms with Gasteiger partial charge in [0.05, 0.1) is 22.4 Å². The molecule has 0 unspecified atom stereocenters. The fourth-order valence-electron chi connectivity index (χ4n) is 3.12. The number of hydrogen-bond donors (Lipinski definition) is 2. The van der Waals surface area contributed by atoms with Crippen molar-refractivity contribution in [2.75, 3.05) is 0 Å². The lowest BCUT2D eigenvalue weighted by Gasteiger charge is -2.13. The van der Waals surface area contributed by atoms with Crippen LogP contribution in [0.2, 0.25) is 0 Å². The number of amides is 1. The van der Waals surface area contributed by atoms with Crippen LogP contribution in [-0.4, -0.2) is 24.1 Å². The minimum absolute atomic E-state index is 0.0145. The number of nitrogens with one attached hydrogen (secondary N) is 1. The van der Waals surface area contributed by atoms with Gasteiger partial charge in [0.2, 0.25) is 15.9 Å². The molecule has 0 fully saturated rings. The third-order valence-corrected chi connectivity index (χ3v) is 5.48. The standard InChI is InChI=1S/C21H24N4O4S/c1-14(2)13-25-21(27)18-6-4-3-5-17(18)19(24-25)11-20(26)23-12-15-7-9-16(10-8-15)30(22,28)29/h3-10,14H,11-13H2,1-2H3,(H,23,26)(H2,22,28,29). The molecule has 2 aromatic carbocycles. The number of primary sulfonamides is 1. The number of benzene rings is 2. The van der Waals surface area contributed by atoms with Crippen LogP contribution in [0.4, 0.5) is 0 Å². The Morgan fingerprint density at radius 3 is 2.33 bits per heavy atom. The van der Waals surface area contributed by atoms with Crippen LogP contribution in [0.25, 0.3) is 10.8 Å². The normalized spacial score (nSPS) is 11.7. The van der Waals surface area contributed by atoms with Gasteiger partial charge in [-0.25, -0.2) is 18.2 Å². The summed E-state index contributed by atoms with van der Waals surface area (Å²) in [6, 6.07) is 13.1. The SMILES string of the molecule is CC(C)Cn1nc(CC(=O)NCc2ccc(S(N)(=O)=O)cc2)c2ccccc2c1=O. The maximum atomic E-state index is 12.7.